The van der Waals surface area contributed by atoms with E-state index in [2.05, 4.69) is 20.8 Å². The summed E-state index contributed by atoms with van der Waals surface area (Å²) in [5.74, 6) is 2.30. The Bertz CT molecular complexity index is 598. The molecule has 2 heterocycles. The lowest BCUT2D eigenvalue weighted by Crippen LogP contribution is -2.59. The average molecular weight is 347 g/mol. The molecular weight excluding hydrogens is 312 g/mol. The van der Waals surface area contributed by atoms with Crippen molar-refractivity contribution in [2.24, 2.45) is 34.0 Å². The maximum atomic E-state index is 6.29. The van der Waals surface area contributed by atoms with Crippen LogP contribution in [0.2, 0.25) is 0 Å². The predicted molar refractivity (Wildman–Crippen MR) is 95.0 cm³/mol. The first kappa shape index (κ1) is 15.9. The van der Waals surface area contributed by atoms with Crippen molar-refractivity contribution in [1.29, 1.82) is 0 Å². The number of epoxide rings is 1. The fourth-order valence-electron chi connectivity index (χ4n) is 8.72. The highest BCUT2D eigenvalue weighted by Crippen LogP contribution is 2.73. The maximum absolute atomic E-state index is 6.29. The third-order valence-electron chi connectivity index (χ3n) is 10.4. The first-order valence-corrected chi connectivity index (χ1v) is 10.8. The number of rotatable bonds is 0. The molecule has 8 atom stereocenters. The standard InChI is InChI=1S/C22H34O3/c1-19-7-4-14-15-6-9-22(23-10-11-24-22)20(15,2)8-5-16(14)21(19,3)13-18-17(12-19)25-18/h14-18H,4-13H2,1-3H3/t14-,15-,16+,17+,18-,19+,20-,21+/m1/s1. The Kier molecular flexibility index (Phi) is 2.95. The van der Waals surface area contributed by atoms with E-state index in [0.29, 0.717) is 23.0 Å². The maximum Gasteiger partial charge on any atom is 0.174 e. The molecule has 2 aliphatic heterocycles. The van der Waals surface area contributed by atoms with E-state index in [1.165, 1.54) is 44.9 Å². The molecule has 0 unspecified atom stereocenters. The van der Waals surface area contributed by atoms with E-state index in [0.717, 1.165) is 37.4 Å². The van der Waals surface area contributed by atoms with E-state index in [9.17, 15) is 0 Å². The van der Waals surface area contributed by atoms with Gasteiger partial charge in [-0.3, -0.25) is 0 Å². The summed E-state index contributed by atoms with van der Waals surface area (Å²) in [7, 11) is 0. The fourth-order valence-corrected chi connectivity index (χ4v) is 8.72. The van der Waals surface area contributed by atoms with Gasteiger partial charge in [0.05, 0.1) is 25.4 Å². The van der Waals surface area contributed by atoms with Crippen LogP contribution in [0.4, 0.5) is 0 Å². The molecule has 3 nitrogen and oxygen atoms in total. The second-order valence-corrected chi connectivity index (χ2v) is 11.0. The number of hydrogen-bond donors (Lipinski definition) is 0. The highest BCUT2D eigenvalue weighted by Gasteiger charge is 2.70. The SMILES string of the molecule is C[C@@]12CC[C@@H]3[C@H]4CCC5(OCCO5)[C@]4(C)CC[C@@H]3[C@]1(C)C[C@H]1O[C@H]1C2. The summed E-state index contributed by atoms with van der Waals surface area (Å²) in [5.41, 5.74) is 1.21. The zero-order chi connectivity index (χ0) is 17.1. The zero-order valence-electron chi connectivity index (χ0n) is 16.2. The largest absolute Gasteiger partial charge is 0.370 e. The van der Waals surface area contributed by atoms with E-state index < -0.39 is 0 Å². The molecule has 0 N–H and O–H groups in total. The van der Waals surface area contributed by atoms with E-state index in [-0.39, 0.29) is 11.2 Å². The van der Waals surface area contributed by atoms with Crippen LogP contribution < -0.4 is 0 Å². The quantitative estimate of drug-likeness (QED) is 0.603. The van der Waals surface area contributed by atoms with Crippen molar-refractivity contribution >= 4 is 0 Å². The predicted octanol–water partition coefficient (Wildman–Crippen LogP) is 4.54. The molecule has 4 saturated carbocycles. The smallest absolute Gasteiger partial charge is 0.174 e. The minimum atomic E-state index is -0.248. The lowest BCUT2D eigenvalue weighted by Gasteiger charge is -2.64. The van der Waals surface area contributed by atoms with Crippen LogP contribution in [0, 0.1) is 34.0 Å². The van der Waals surface area contributed by atoms with Gasteiger partial charge in [-0.2, -0.15) is 0 Å². The molecule has 140 valence electrons. The monoisotopic (exact) mass is 346 g/mol. The topological polar surface area (TPSA) is 31.0 Å². The summed E-state index contributed by atoms with van der Waals surface area (Å²) in [6, 6.07) is 0. The molecule has 0 radical (unpaired) electrons. The van der Waals surface area contributed by atoms with Gasteiger partial charge in [0.2, 0.25) is 0 Å². The van der Waals surface area contributed by atoms with Gasteiger partial charge in [-0.25, -0.2) is 0 Å². The van der Waals surface area contributed by atoms with Gasteiger partial charge in [0.1, 0.15) is 0 Å². The lowest BCUT2D eigenvalue weighted by molar-refractivity contribution is -0.250. The third kappa shape index (κ3) is 1.75. The van der Waals surface area contributed by atoms with E-state index >= 15 is 0 Å². The van der Waals surface area contributed by atoms with Crippen LogP contribution in [0.15, 0.2) is 0 Å². The molecule has 0 bridgehead atoms. The van der Waals surface area contributed by atoms with E-state index in [4.69, 9.17) is 14.2 Å². The van der Waals surface area contributed by atoms with Gasteiger partial charge in [-0.15, -0.1) is 0 Å². The average Bonchev–Trinajstić information content (AvgIpc) is 3.02. The Labute approximate surface area is 152 Å². The van der Waals surface area contributed by atoms with Crippen LogP contribution in [-0.4, -0.2) is 31.2 Å². The van der Waals surface area contributed by atoms with Crippen molar-refractivity contribution in [2.75, 3.05) is 13.2 Å². The summed E-state index contributed by atoms with van der Waals surface area (Å²) in [6.45, 7) is 9.33. The number of fused-ring (bicyclic) bond motifs is 7. The van der Waals surface area contributed by atoms with Crippen molar-refractivity contribution in [3.63, 3.8) is 0 Å². The normalized spacial score (nSPS) is 61.3. The van der Waals surface area contributed by atoms with Gasteiger partial charge < -0.3 is 14.2 Å². The first-order chi connectivity index (χ1) is 11.9. The van der Waals surface area contributed by atoms with Crippen LogP contribution in [0.5, 0.6) is 0 Å². The van der Waals surface area contributed by atoms with Crippen molar-refractivity contribution < 1.29 is 14.2 Å². The Balaban J connectivity index is 1.36. The molecule has 1 spiro atoms. The summed E-state index contributed by atoms with van der Waals surface area (Å²) in [6.07, 6.45) is 11.7. The summed E-state index contributed by atoms with van der Waals surface area (Å²) in [4.78, 5) is 0. The Hall–Kier alpha value is -0.120. The molecule has 25 heavy (non-hydrogen) atoms. The summed E-state index contributed by atoms with van der Waals surface area (Å²) >= 11 is 0. The number of ether oxygens (including phenoxy) is 3. The van der Waals surface area contributed by atoms with Crippen molar-refractivity contribution in [2.45, 2.75) is 90.1 Å². The second-order valence-electron chi connectivity index (χ2n) is 11.0. The molecule has 3 heteroatoms. The lowest BCUT2D eigenvalue weighted by atomic mass is 9.40. The highest BCUT2D eigenvalue weighted by molar-refractivity contribution is 5.17. The van der Waals surface area contributed by atoms with Crippen LogP contribution in [-0.2, 0) is 14.2 Å². The molecule has 0 aromatic rings. The molecule has 6 rings (SSSR count). The molecular formula is C22H34O3. The van der Waals surface area contributed by atoms with Gasteiger partial charge in [-0.05, 0) is 73.5 Å². The zero-order valence-corrected chi connectivity index (χ0v) is 16.2. The van der Waals surface area contributed by atoms with Crippen LogP contribution in [0.1, 0.15) is 72.1 Å². The van der Waals surface area contributed by atoms with E-state index in [1.807, 2.05) is 0 Å². The van der Waals surface area contributed by atoms with Crippen molar-refractivity contribution in [3.8, 4) is 0 Å². The fraction of sp³-hybridized carbons (Fsp3) is 1.00. The van der Waals surface area contributed by atoms with Gasteiger partial charge in [0, 0.05) is 11.8 Å². The van der Waals surface area contributed by atoms with Gasteiger partial charge in [0.15, 0.2) is 5.79 Å². The minimum absolute atomic E-state index is 0.238. The summed E-state index contributed by atoms with van der Waals surface area (Å²) in [5, 5.41) is 0. The summed E-state index contributed by atoms with van der Waals surface area (Å²) < 4.78 is 18.6. The van der Waals surface area contributed by atoms with E-state index in [1.54, 1.807) is 0 Å². The van der Waals surface area contributed by atoms with Crippen LogP contribution in [0.3, 0.4) is 0 Å². The molecule has 0 amide bonds. The first-order valence-electron chi connectivity index (χ1n) is 10.8. The Morgan fingerprint density at radius 2 is 1.40 bits per heavy atom. The number of hydrogen-bond acceptors (Lipinski definition) is 3. The van der Waals surface area contributed by atoms with Gasteiger partial charge >= 0.3 is 0 Å². The molecule has 0 aromatic heterocycles. The molecule has 4 aliphatic carbocycles. The van der Waals surface area contributed by atoms with Crippen LogP contribution >= 0.6 is 0 Å². The molecule has 6 aliphatic rings. The molecule has 2 saturated heterocycles. The van der Waals surface area contributed by atoms with Crippen LogP contribution in [0.25, 0.3) is 0 Å². The molecule has 0 aromatic carbocycles. The third-order valence-corrected chi connectivity index (χ3v) is 10.4. The molecule has 6 fully saturated rings. The van der Waals surface area contributed by atoms with Gasteiger partial charge in [0.25, 0.3) is 0 Å². The minimum Gasteiger partial charge on any atom is -0.370 e. The second kappa shape index (κ2) is 4.64. The van der Waals surface area contributed by atoms with Crippen molar-refractivity contribution in [3.05, 3.63) is 0 Å². The Morgan fingerprint density at radius 3 is 2.20 bits per heavy atom. The Morgan fingerprint density at radius 1 is 0.720 bits per heavy atom. The van der Waals surface area contributed by atoms with Crippen molar-refractivity contribution in [1.82, 2.24) is 0 Å². The highest BCUT2D eigenvalue weighted by atomic mass is 16.7. The van der Waals surface area contributed by atoms with Gasteiger partial charge in [-0.1, -0.05) is 20.8 Å².